The fourth-order valence-electron chi connectivity index (χ4n) is 3.90. The first kappa shape index (κ1) is 15.3. The van der Waals surface area contributed by atoms with E-state index in [2.05, 4.69) is 10.6 Å². The summed E-state index contributed by atoms with van der Waals surface area (Å²) >= 11 is 0. The monoisotopic (exact) mass is 296 g/mol. The van der Waals surface area contributed by atoms with E-state index in [1.807, 2.05) is 13.8 Å². The zero-order valence-corrected chi connectivity index (χ0v) is 13.2. The van der Waals surface area contributed by atoms with Crippen molar-refractivity contribution in [1.82, 2.24) is 10.6 Å². The Morgan fingerprint density at radius 1 is 1.24 bits per heavy atom. The molecular weight excluding hydrogens is 268 g/mol. The number of rotatable bonds is 3. The second-order valence-electron chi connectivity index (χ2n) is 7.14. The van der Waals surface area contributed by atoms with Gasteiger partial charge < -0.3 is 20.1 Å². The summed E-state index contributed by atoms with van der Waals surface area (Å²) in [5.74, 6) is 0.385. The smallest absolute Gasteiger partial charge is 0.237 e. The number of piperidine rings is 1. The Morgan fingerprint density at radius 3 is 2.81 bits per heavy atom. The maximum atomic E-state index is 12.3. The maximum Gasteiger partial charge on any atom is 0.237 e. The van der Waals surface area contributed by atoms with Crippen molar-refractivity contribution in [3.8, 4) is 0 Å². The molecule has 3 aliphatic rings. The molecule has 5 nitrogen and oxygen atoms in total. The molecule has 4 unspecified atom stereocenters. The van der Waals surface area contributed by atoms with Gasteiger partial charge in [0.25, 0.3) is 0 Å². The summed E-state index contributed by atoms with van der Waals surface area (Å²) in [6, 6.07) is 0.521. The third-order valence-electron chi connectivity index (χ3n) is 5.04. The second kappa shape index (κ2) is 6.23. The van der Waals surface area contributed by atoms with Gasteiger partial charge in [0.2, 0.25) is 5.91 Å². The minimum absolute atomic E-state index is 0.0281. The van der Waals surface area contributed by atoms with Crippen LogP contribution in [0.4, 0.5) is 0 Å². The van der Waals surface area contributed by atoms with Crippen LogP contribution in [0.5, 0.6) is 0 Å². The van der Waals surface area contributed by atoms with Gasteiger partial charge in [-0.2, -0.15) is 0 Å². The van der Waals surface area contributed by atoms with Gasteiger partial charge in [0, 0.05) is 12.6 Å². The number of carbonyl (C=O) groups excluding carboxylic acids is 1. The van der Waals surface area contributed by atoms with Crippen LogP contribution < -0.4 is 10.6 Å². The SMILES string of the molecule is CC1(C)OCC(CNC(=O)C2CCC3CCCCC3N2)O1. The quantitative estimate of drug-likeness (QED) is 0.830. The highest BCUT2D eigenvalue weighted by atomic mass is 16.7. The number of nitrogens with one attached hydrogen (secondary N) is 2. The van der Waals surface area contributed by atoms with Crippen LogP contribution in [0.15, 0.2) is 0 Å². The first-order valence-electron chi connectivity index (χ1n) is 8.39. The van der Waals surface area contributed by atoms with E-state index in [9.17, 15) is 4.79 Å². The molecule has 21 heavy (non-hydrogen) atoms. The molecule has 0 bridgehead atoms. The molecule has 2 N–H and O–H groups in total. The van der Waals surface area contributed by atoms with Crippen molar-refractivity contribution < 1.29 is 14.3 Å². The van der Waals surface area contributed by atoms with Crippen LogP contribution in [0.3, 0.4) is 0 Å². The van der Waals surface area contributed by atoms with E-state index in [-0.39, 0.29) is 18.1 Å². The van der Waals surface area contributed by atoms with Crippen molar-refractivity contribution in [3.63, 3.8) is 0 Å². The van der Waals surface area contributed by atoms with Gasteiger partial charge in [0.1, 0.15) is 6.10 Å². The van der Waals surface area contributed by atoms with Gasteiger partial charge in [-0.05, 0) is 45.4 Å². The molecule has 1 saturated carbocycles. The summed E-state index contributed by atoms with van der Waals surface area (Å²) < 4.78 is 11.2. The summed E-state index contributed by atoms with van der Waals surface area (Å²) in [6.07, 6.45) is 7.32. The predicted molar refractivity (Wildman–Crippen MR) is 79.8 cm³/mol. The van der Waals surface area contributed by atoms with E-state index in [1.165, 1.54) is 32.1 Å². The summed E-state index contributed by atoms with van der Waals surface area (Å²) in [7, 11) is 0. The van der Waals surface area contributed by atoms with E-state index < -0.39 is 5.79 Å². The van der Waals surface area contributed by atoms with Crippen LogP contribution in [-0.4, -0.2) is 43.0 Å². The highest BCUT2D eigenvalue weighted by Gasteiger charge is 2.36. The summed E-state index contributed by atoms with van der Waals surface area (Å²) in [5.41, 5.74) is 0. The normalized spacial score (nSPS) is 38.8. The van der Waals surface area contributed by atoms with Crippen LogP contribution in [-0.2, 0) is 14.3 Å². The first-order valence-corrected chi connectivity index (χ1v) is 8.39. The lowest BCUT2D eigenvalue weighted by atomic mass is 9.77. The van der Waals surface area contributed by atoms with Gasteiger partial charge in [-0.3, -0.25) is 4.79 Å². The Morgan fingerprint density at radius 2 is 2.05 bits per heavy atom. The molecule has 2 saturated heterocycles. The first-order chi connectivity index (χ1) is 10.0. The third-order valence-corrected chi connectivity index (χ3v) is 5.04. The predicted octanol–water partition coefficient (Wildman–Crippen LogP) is 1.56. The molecule has 0 spiro atoms. The molecular formula is C16H28N2O3. The Kier molecular flexibility index (Phi) is 4.52. The Labute approximate surface area is 127 Å². The van der Waals surface area contributed by atoms with E-state index >= 15 is 0 Å². The molecule has 1 aliphatic carbocycles. The molecule has 5 heteroatoms. The largest absolute Gasteiger partial charge is 0.352 e. The van der Waals surface area contributed by atoms with Crippen LogP contribution in [0.25, 0.3) is 0 Å². The number of hydrogen-bond donors (Lipinski definition) is 2. The number of fused-ring (bicyclic) bond motifs is 1. The molecule has 0 radical (unpaired) electrons. The molecule has 4 atom stereocenters. The second-order valence-corrected chi connectivity index (χ2v) is 7.14. The van der Waals surface area contributed by atoms with Gasteiger partial charge in [-0.25, -0.2) is 0 Å². The fourth-order valence-corrected chi connectivity index (χ4v) is 3.90. The van der Waals surface area contributed by atoms with Crippen molar-refractivity contribution >= 4 is 5.91 Å². The molecule has 0 aromatic carbocycles. The molecule has 0 aromatic heterocycles. The lowest BCUT2D eigenvalue weighted by Gasteiger charge is -2.39. The van der Waals surface area contributed by atoms with Crippen molar-refractivity contribution in [2.75, 3.05) is 13.2 Å². The number of ether oxygens (including phenoxy) is 2. The zero-order chi connectivity index (χ0) is 14.9. The van der Waals surface area contributed by atoms with Gasteiger partial charge >= 0.3 is 0 Å². The summed E-state index contributed by atoms with van der Waals surface area (Å²) in [5, 5.41) is 6.58. The Hall–Kier alpha value is -0.650. The van der Waals surface area contributed by atoms with Gasteiger partial charge in [-0.15, -0.1) is 0 Å². The minimum atomic E-state index is -0.520. The van der Waals surface area contributed by atoms with E-state index in [4.69, 9.17) is 9.47 Å². The number of carbonyl (C=O) groups is 1. The molecule has 120 valence electrons. The van der Waals surface area contributed by atoms with Crippen molar-refractivity contribution in [2.45, 2.75) is 76.3 Å². The lowest BCUT2D eigenvalue weighted by molar-refractivity contribution is -0.139. The molecule has 1 amide bonds. The minimum Gasteiger partial charge on any atom is -0.352 e. The van der Waals surface area contributed by atoms with Crippen LogP contribution >= 0.6 is 0 Å². The highest BCUT2D eigenvalue weighted by molar-refractivity contribution is 5.81. The topological polar surface area (TPSA) is 59.6 Å². The van der Waals surface area contributed by atoms with Crippen LogP contribution in [0.1, 0.15) is 52.4 Å². The lowest BCUT2D eigenvalue weighted by Crippen LogP contribution is -2.55. The van der Waals surface area contributed by atoms with Crippen molar-refractivity contribution in [2.24, 2.45) is 5.92 Å². The van der Waals surface area contributed by atoms with Crippen LogP contribution in [0.2, 0.25) is 0 Å². The van der Waals surface area contributed by atoms with Crippen LogP contribution in [0, 0.1) is 5.92 Å². The zero-order valence-electron chi connectivity index (χ0n) is 13.2. The van der Waals surface area contributed by atoms with Gasteiger partial charge in [0.15, 0.2) is 5.79 Å². The standard InChI is InChI=1S/C16H28N2O3/c1-16(2)20-10-12(21-16)9-17-15(19)14-8-7-11-5-3-4-6-13(11)18-14/h11-14,18H,3-10H2,1-2H3,(H,17,19). The third kappa shape index (κ3) is 3.76. The molecule has 3 rings (SSSR count). The van der Waals surface area contributed by atoms with Gasteiger partial charge in [0.05, 0.1) is 12.6 Å². The Balaban J connectivity index is 1.43. The molecule has 0 aromatic rings. The molecule has 2 heterocycles. The number of amides is 1. The van der Waals surface area contributed by atoms with Crippen molar-refractivity contribution in [3.05, 3.63) is 0 Å². The van der Waals surface area contributed by atoms with Crippen molar-refractivity contribution in [1.29, 1.82) is 0 Å². The average Bonchev–Trinajstić information content (AvgIpc) is 2.83. The van der Waals surface area contributed by atoms with E-state index in [0.29, 0.717) is 19.2 Å². The molecule has 2 aliphatic heterocycles. The van der Waals surface area contributed by atoms with E-state index in [0.717, 1.165) is 12.3 Å². The Bertz CT molecular complexity index is 386. The van der Waals surface area contributed by atoms with E-state index in [1.54, 1.807) is 0 Å². The number of hydrogen-bond acceptors (Lipinski definition) is 4. The molecule has 3 fully saturated rings. The maximum absolute atomic E-state index is 12.3. The average molecular weight is 296 g/mol. The fraction of sp³-hybridized carbons (Fsp3) is 0.938. The van der Waals surface area contributed by atoms with Gasteiger partial charge in [-0.1, -0.05) is 12.8 Å². The highest BCUT2D eigenvalue weighted by Crippen LogP contribution is 2.32. The summed E-state index contributed by atoms with van der Waals surface area (Å²) in [4.78, 5) is 12.3. The summed E-state index contributed by atoms with van der Waals surface area (Å²) in [6.45, 7) is 4.89.